The van der Waals surface area contributed by atoms with Crippen molar-refractivity contribution in [2.75, 3.05) is 0 Å². The molecule has 5 aromatic rings. The van der Waals surface area contributed by atoms with Crippen LogP contribution in [0.1, 0.15) is 112 Å². The van der Waals surface area contributed by atoms with Crippen molar-refractivity contribution < 1.29 is 19.1 Å². The summed E-state index contributed by atoms with van der Waals surface area (Å²) in [5, 5.41) is 8.35. The Kier molecular flexibility index (Phi) is 8.18. The molecule has 2 aliphatic rings. The van der Waals surface area contributed by atoms with Crippen LogP contribution < -0.4 is 0 Å². The van der Waals surface area contributed by atoms with E-state index in [1.54, 1.807) is 0 Å². The summed E-state index contributed by atoms with van der Waals surface area (Å²) in [4.78, 5) is 27.1. The number of unbranched alkanes of at least 4 members (excludes halogenated alkanes) is 2. The molecule has 0 unspecified atom stereocenters. The zero-order chi connectivity index (χ0) is 30.2. The molecule has 228 valence electrons. The average molecular weight is 589 g/mol. The van der Waals surface area contributed by atoms with Crippen LogP contribution in [0.25, 0.3) is 43.1 Å². The zero-order valence-electron chi connectivity index (χ0n) is 26.2. The van der Waals surface area contributed by atoms with Gasteiger partial charge in [0.25, 0.3) is 0 Å². The molecule has 2 saturated carbocycles. The highest BCUT2D eigenvalue weighted by atomic mass is 16.5. The molecule has 2 fully saturated rings. The molecule has 0 spiro atoms. The van der Waals surface area contributed by atoms with E-state index in [0.29, 0.717) is 17.0 Å². The summed E-state index contributed by atoms with van der Waals surface area (Å²) in [7, 11) is 0. The molecule has 0 heterocycles. The summed E-state index contributed by atoms with van der Waals surface area (Å²) in [5.41, 5.74) is 1.26. The first-order valence-corrected chi connectivity index (χ1v) is 17.1. The molecule has 44 heavy (non-hydrogen) atoms. The van der Waals surface area contributed by atoms with Gasteiger partial charge in [0.2, 0.25) is 0 Å². The Morgan fingerprint density at radius 3 is 1.55 bits per heavy atom. The van der Waals surface area contributed by atoms with Crippen molar-refractivity contribution >= 4 is 55.0 Å². The monoisotopic (exact) mass is 588 g/mol. The van der Waals surface area contributed by atoms with Gasteiger partial charge in [0, 0.05) is 0 Å². The minimum atomic E-state index is -0.231. The first kappa shape index (κ1) is 29.1. The Hall–Kier alpha value is -3.66. The van der Waals surface area contributed by atoms with Crippen LogP contribution in [-0.2, 0) is 9.47 Å². The number of benzene rings is 5. The van der Waals surface area contributed by atoms with Crippen molar-refractivity contribution in [2.24, 2.45) is 11.8 Å². The molecule has 2 aliphatic carbocycles. The van der Waals surface area contributed by atoms with Gasteiger partial charge in [-0.05, 0) is 118 Å². The summed E-state index contributed by atoms with van der Waals surface area (Å²) in [6.07, 6.45) is 13.5. The minimum Gasteiger partial charge on any atom is -0.459 e. The Bertz CT molecular complexity index is 1780. The van der Waals surface area contributed by atoms with Crippen LogP contribution in [0.4, 0.5) is 0 Å². The molecule has 0 aliphatic heterocycles. The van der Waals surface area contributed by atoms with Crippen LogP contribution in [-0.4, -0.2) is 24.1 Å². The first-order chi connectivity index (χ1) is 21.5. The van der Waals surface area contributed by atoms with Crippen molar-refractivity contribution in [3.8, 4) is 0 Å². The second kappa shape index (κ2) is 12.4. The zero-order valence-corrected chi connectivity index (χ0v) is 26.2. The van der Waals surface area contributed by atoms with E-state index in [2.05, 4.69) is 38.1 Å². The predicted octanol–water partition coefficient (Wildman–Crippen LogP) is 10.8. The number of carbonyl (C=O) groups is 2. The number of carbonyl (C=O) groups excluding carboxylic acids is 2. The van der Waals surface area contributed by atoms with Gasteiger partial charge in [-0.15, -0.1) is 0 Å². The van der Waals surface area contributed by atoms with E-state index in [1.165, 1.54) is 25.7 Å². The van der Waals surface area contributed by atoms with E-state index >= 15 is 0 Å². The second-order valence-corrected chi connectivity index (χ2v) is 13.6. The number of ether oxygens (including phenoxy) is 2. The van der Waals surface area contributed by atoms with Crippen LogP contribution in [0.5, 0.6) is 0 Å². The van der Waals surface area contributed by atoms with Crippen LogP contribution in [0.3, 0.4) is 0 Å². The summed E-state index contributed by atoms with van der Waals surface area (Å²) in [5.74, 6) is 1.03. The maximum absolute atomic E-state index is 13.6. The van der Waals surface area contributed by atoms with Crippen LogP contribution in [0, 0.1) is 11.8 Å². The van der Waals surface area contributed by atoms with Crippen molar-refractivity contribution in [1.29, 1.82) is 0 Å². The van der Waals surface area contributed by atoms with Gasteiger partial charge >= 0.3 is 11.9 Å². The third-order valence-corrected chi connectivity index (χ3v) is 10.6. The smallest absolute Gasteiger partial charge is 0.339 e. The third-order valence-electron chi connectivity index (χ3n) is 10.6. The SMILES string of the molecule is CCCCCC1CCC(OC(=O)c2ccc3c4cccc5c(C(=O)OC6CCC(C)CC6)ccc(c6cccc2c63)c54)CC1. The van der Waals surface area contributed by atoms with Crippen molar-refractivity contribution in [3.63, 3.8) is 0 Å². The van der Waals surface area contributed by atoms with Gasteiger partial charge < -0.3 is 9.47 Å². The largest absolute Gasteiger partial charge is 0.459 e. The van der Waals surface area contributed by atoms with Gasteiger partial charge in [-0.3, -0.25) is 0 Å². The molecule has 0 N–H and O–H groups in total. The molecular weight excluding hydrogens is 544 g/mol. The number of fused-ring (bicyclic) bond motifs is 2. The van der Waals surface area contributed by atoms with Gasteiger partial charge in [0.1, 0.15) is 12.2 Å². The molecule has 5 aromatic carbocycles. The molecule has 4 nitrogen and oxygen atoms in total. The summed E-state index contributed by atoms with van der Waals surface area (Å²) >= 11 is 0. The lowest BCUT2D eigenvalue weighted by molar-refractivity contribution is 0.0159. The number of esters is 2. The fraction of sp³-hybridized carbons (Fsp3) is 0.450. The van der Waals surface area contributed by atoms with Crippen molar-refractivity contribution in [2.45, 2.75) is 103 Å². The van der Waals surface area contributed by atoms with E-state index < -0.39 is 0 Å². The normalized spacial score (nSPS) is 22.6. The Morgan fingerprint density at radius 2 is 1.05 bits per heavy atom. The molecule has 0 amide bonds. The van der Waals surface area contributed by atoms with Crippen LogP contribution in [0.2, 0.25) is 0 Å². The molecule has 4 heteroatoms. The van der Waals surface area contributed by atoms with E-state index in [9.17, 15) is 9.59 Å². The van der Waals surface area contributed by atoms with Crippen molar-refractivity contribution in [1.82, 2.24) is 0 Å². The standard InChI is InChI=1S/C40H44O4/c1-3-4-5-8-26-15-19-28(20-16-26)44-40(42)36-24-22-34-29-9-6-11-31-35(39(41)43-27-17-13-25(2)14-18-27)23-21-33(37(29)31)30-10-7-12-32(36)38(30)34/h6-7,9-12,21-28H,3-5,8,13-20H2,1-2H3. The lowest BCUT2D eigenvalue weighted by atomic mass is 9.84. The van der Waals surface area contributed by atoms with Gasteiger partial charge in [0.15, 0.2) is 0 Å². The predicted molar refractivity (Wildman–Crippen MR) is 180 cm³/mol. The summed E-state index contributed by atoms with van der Waals surface area (Å²) in [6, 6.07) is 20.4. The van der Waals surface area contributed by atoms with Crippen LogP contribution >= 0.6 is 0 Å². The van der Waals surface area contributed by atoms with E-state index in [-0.39, 0.29) is 24.1 Å². The highest BCUT2D eigenvalue weighted by Crippen LogP contribution is 2.42. The van der Waals surface area contributed by atoms with Crippen LogP contribution in [0.15, 0.2) is 60.7 Å². The maximum atomic E-state index is 13.6. The number of hydrogen-bond donors (Lipinski definition) is 0. The Balaban J connectivity index is 1.20. The number of hydrogen-bond acceptors (Lipinski definition) is 4. The fourth-order valence-corrected chi connectivity index (χ4v) is 8.07. The highest BCUT2D eigenvalue weighted by Gasteiger charge is 2.27. The molecule has 0 bridgehead atoms. The molecule has 0 radical (unpaired) electrons. The minimum absolute atomic E-state index is 0.000372. The molecule has 0 aromatic heterocycles. The topological polar surface area (TPSA) is 52.6 Å². The van der Waals surface area contributed by atoms with Gasteiger partial charge in [-0.1, -0.05) is 88.1 Å². The molecular formula is C40H44O4. The Morgan fingerprint density at radius 1 is 0.591 bits per heavy atom. The number of rotatable bonds is 8. The lowest BCUT2D eigenvalue weighted by Gasteiger charge is -2.28. The fourth-order valence-electron chi connectivity index (χ4n) is 8.07. The first-order valence-electron chi connectivity index (χ1n) is 17.1. The Labute approximate surface area is 260 Å². The summed E-state index contributed by atoms with van der Waals surface area (Å²) < 4.78 is 12.2. The summed E-state index contributed by atoms with van der Waals surface area (Å²) in [6.45, 7) is 4.53. The molecule has 7 rings (SSSR count). The third kappa shape index (κ3) is 5.42. The maximum Gasteiger partial charge on any atom is 0.339 e. The van der Waals surface area contributed by atoms with Gasteiger partial charge in [0.05, 0.1) is 11.1 Å². The molecule has 0 saturated heterocycles. The van der Waals surface area contributed by atoms with E-state index in [4.69, 9.17) is 9.47 Å². The lowest BCUT2D eigenvalue weighted by Crippen LogP contribution is -2.24. The average Bonchev–Trinajstić information content (AvgIpc) is 3.05. The van der Waals surface area contributed by atoms with Gasteiger partial charge in [-0.2, -0.15) is 0 Å². The highest BCUT2D eigenvalue weighted by molar-refractivity contribution is 6.35. The van der Waals surface area contributed by atoms with Crippen molar-refractivity contribution in [3.05, 3.63) is 71.8 Å². The quantitative estimate of drug-likeness (QED) is 0.0783. The second-order valence-electron chi connectivity index (χ2n) is 13.6. The van der Waals surface area contributed by atoms with E-state index in [0.717, 1.165) is 100 Å². The molecule has 0 atom stereocenters. The van der Waals surface area contributed by atoms with Gasteiger partial charge in [-0.25, -0.2) is 9.59 Å². The van der Waals surface area contributed by atoms with E-state index in [1.807, 2.05) is 36.4 Å².